The van der Waals surface area contributed by atoms with E-state index in [-0.39, 0.29) is 23.1 Å². The molecule has 2 heterocycles. The fraction of sp³-hybridized carbons (Fsp3) is 0.429. The molecule has 0 radical (unpaired) electrons. The Morgan fingerprint density at radius 3 is 2.40 bits per heavy atom. The van der Waals surface area contributed by atoms with Gasteiger partial charge in [-0.1, -0.05) is 13.0 Å². The van der Waals surface area contributed by atoms with E-state index < -0.39 is 16.1 Å². The number of hydrogen-bond donors (Lipinski definition) is 2. The fourth-order valence-corrected chi connectivity index (χ4v) is 5.69. The topological polar surface area (TPSA) is 95.6 Å². The van der Waals surface area contributed by atoms with E-state index in [0.717, 1.165) is 17.7 Å². The van der Waals surface area contributed by atoms with Crippen molar-refractivity contribution < 1.29 is 18.0 Å². The monoisotopic (exact) mass is 449 g/mol. The van der Waals surface area contributed by atoms with Crippen LogP contribution in [0.5, 0.6) is 0 Å². The minimum Gasteiger partial charge on any atom is -0.348 e. The van der Waals surface area contributed by atoms with Gasteiger partial charge in [0, 0.05) is 30.6 Å². The van der Waals surface area contributed by atoms with E-state index in [4.69, 9.17) is 0 Å². The van der Waals surface area contributed by atoms with Gasteiger partial charge in [0.25, 0.3) is 0 Å². The molecule has 2 N–H and O–H groups in total. The molecule has 30 heavy (non-hydrogen) atoms. The number of nitrogens with one attached hydrogen (secondary N) is 2. The number of carbonyl (C=O) groups is 2. The average Bonchev–Trinajstić information content (AvgIpc) is 3.23. The van der Waals surface area contributed by atoms with Crippen molar-refractivity contribution in [2.45, 2.75) is 44.0 Å². The maximum Gasteiger partial charge on any atom is 0.243 e. The van der Waals surface area contributed by atoms with Gasteiger partial charge in [-0.3, -0.25) is 9.59 Å². The van der Waals surface area contributed by atoms with Gasteiger partial charge in [-0.05, 0) is 54.5 Å². The molecule has 7 nitrogen and oxygen atoms in total. The summed E-state index contributed by atoms with van der Waals surface area (Å²) in [5.74, 6) is 0.0789. The number of anilines is 1. The summed E-state index contributed by atoms with van der Waals surface area (Å²) in [6.07, 6.45) is 1.83. The average molecular weight is 450 g/mol. The molecule has 1 aromatic carbocycles. The molecule has 0 bridgehead atoms. The Morgan fingerprint density at radius 1 is 1.17 bits per heavy atom. The molecule has 162 valence electrons. The molecule has 2 aromatic rings. The van der Waals surface area contributed by atoms with E-state index in [1.165, 1.54) is 34.7 Å². The molecule has 0 saturated carbocycles. The number of hydrogen-bond acceptors (Lipinski definition) is 5. The summed E-state index contributed by atoms with van der Waals surface area (Å²) in [5.41, 5.74) is 0.513. The Kier molecular flexibility index (Phi) is 7.27. The van der Waals surface area contributed by atoms with Crippen LogP contribution in [-0.4, -0.2) is 37.6 Å². The summed E-state index contributed by atoms with van der Waals surface area (Å²) in [7, 11) is -3.52. The molecular formula is C21H27N3O4S2. The van der Waals surface area contributed by atoms with Gasteiger partial charge in [0.1, 0.15) is 0 Å². The lowest BCUT2D eigenvalue weighted by Gasteiger charge is -2.29. The summed E-state index contributed by atoms with van der Waals surface area (Å²) >= 11 is 1.47. The first kappa shape index (κ1) is 22.5. The third-order valence-electron chi connectivity index (χ3n) is 5.17. The minimum absolute atomic E-state index is 0.0894. The van der Waals surface area contributed by atoms with Crippen molar-refractivity contribution in [2.24, 2.45) is 5.92 Å². The van der Waals surface area contributed by atoms with Crippen molar-refractivity contribution >= 4 is 38.9 Å². The van der Waals surface area contributed by atoms with Crippen molar-refractivity contribution in [3.63, 3.8) is 0 Å². The van der Waals surface area contributed by atoms with Crippen LogP contribution >= 0.6 is 11.3 Å². The zero-order valence-corrected chi connectivity index (χ0v) is 18.8. The molecule has 1 aromatic heterocycles. The van der Waals surface area contributed by atoms with Gasteiger partial charge >= 0.3 is 0 Å². The maximum absolute atomic E-state index is 12.8. The highest BCUT2D eigenvalue weighted by Crippen LogP contribution is 2.25. The lowest BCUT2D eigenvalue weighted by molar-refractivity contribution is -0.120. The van der Waals surface area contributed by atoms with Crippen LogP contribution in [0.1, 0.15) is 44.0 Å². The summed E-state index contributed by atoms with van der Waals surface area (Å²) < 4.78 is 27.1. The molecule has 3 rings (SSSR count). The molecule has 2 amide bonds. The van der Waals surface area contributed by atoms with Crippen molar-refractivity contribution in [1.82, 2.24) is 9.62 Å². The molecule has 1 fully saturated rings. The second-order valence-electron chi connectivity index (χ2n) is 7.63. The summed E-state index contributed by atoms with van der Waals surface area (Å²) in [6, 6.07) is 9.57. The fourth-order valence-electron chi connectivity index (χ4n) is 3.44. The number of amides is 2. The second kappa shape index (κ2) is 9.72. The quantitative estimate of drug-likeness (QED) is 0.677. The highest BCUT2D eigenvalue weighted by Gasteiger charge is 2.28. The first-order chi connectivity index (χ1) is 14.3. The number of benzene rings is 1. The Balaban J connectivity index is 1.63. The van der Waals surface area contributed by atoms with Crippen LogP contribution in [0.4, 0.5) is 5.69 Å². The number of carbonyl (C=O) groups excluding carboxylic acids is 2. The maximum atomic E-state index is 12.8. The van der Waals surface area contributed by atoms with E-state index in [0.29, 0.717) is 24.7 Å². The normalized spacial score (nSPS) is 16.7. The Hall–Kier alpha value is -2.23. The smallest absolute Gasteiger partial charge is 0.243 e. The largest absolute Gasteiger partial charge is 0.348 e. The Bertz CT molecular complexity index is 964. The van der Waals surface area contributed by atoms with Crippen LogP contribution in [0.3, 0.4) is 0 Å². The lowest BCUT2D eigenvalue weighted by Crippen LogP contribution is -2.37. The van der Waals surface area contributed by atoms with Gasteiger partial charge < -0.3 is 10.6 Å². The van der Waals surface area contributed by atoms with Crippen LogP contribution in [-0.2, 0) is 19.6 Å². The van der Waals surface area contributed by atoms with Gasteiger partial charge in [0.15, 0.2) is 0 Å². The van der Waals surface area contributed by atoms with E-state index in [9.17, 15) is 18.0 Å². The van der Waals surface area contributed by atoms with Gasteiger partial charge in [0.2, 0.25) is 21.8 Å². The SMILES string of the molecule is CC(=O)NC(CC(=O)Nc1ccc(S(=O)(=O)N2CCC(C)CC2)cc1)c1cccs1. The van der Waals surface area contributed by atoms with E-state index in [1.54, 1.807) is 12.1 Å². The molecule has 1 aliphatic heterocycles. The number of thiophene rings is 1. The van der Waals surface area contributed by atoms with Gasteiger partial charge in [-0.25, -0.2) is 8.42 Å². The molecule has 0 spiro atoms. The van der Waals surface area contributed by atoms with Crippen LogP contribution in [0.15, 0.2) is 46.7 Å². The number of piperidine rings is 1. The zero-order valence-electron chi connectivity index (χ0n) is 17.1. The molecule has 0 aliphatic carbocycles. The van der Waals surface area contributed by atoms with Crippen LogP contribution in [0.2, 0.25) is 0 Å². The third-order valence-corrected chi connectivity index (χ3v) is 8.07. The molecular weight excluding hydrogens is 422 g/mol. The molecule has 1 unspecified atom stereocenters. The summed E-state index contributed by atoms with van der Waals surface area (Å²) in [6.45, 7) is 4.63. The van der Waals surface area contributed by atoms with E-state index in [2.05, 4.69) is 17.6 Å². The second-order valence-corrected chi connectivity index (χ2v) is 10.5. The third kappa shape index (κ3) is 5.68. The van der Waals surface area contributed by atoms with Crippen LogP contribution in [0, 0.1) is 5.92 Å². The molecule has 9 heteroatoms. The van der Waals surface area contributed by atoms with Crippen molar-refractivity contribution in [3.8, 4) is 0 Å². The van der Waals surface area contributed by atoms with Crippen molar-refractivity contribution in [2.75, 3.05) is 18.4 Å². The Morgan fingerprint density at radius 2 is 1.83 bits per heavy atom. The predicted octanol–water partition coefficient (Wildman–Crippen LogP) is 3.37. The number of rotatable bonds is 7. The Labute approximate surface area is 181 Å². The minimum atomic E-state index is -3.52. The first-order valence-corrected chi connectivity index (χ1v) is 12.3. The van der Waals surface area contributed by atoms with Gasteiger partial charge in [-0.15, -0.1) is 11.3 Å². The molecule has 1 saturated heterocycles. The predicted molar refractivity (Wildman–Crippen MR) is 118 cm³/mol. The van der Waals surface area contributed by atoms with Gasteiger partial charge in [-0.2, -0.15) is 4.31 Å². The van der Waals surface area contributed by atoms with Crippen molar-refractivity contribution in [1.29, 1.82) is 0 Å². The zero-order chi connectivity index (χ0) is 21.7. The van der Waals surface area contributed by atoms with Gasteiger partial charge in [0.05, 0.1) is 17.4 Å². The lowest BCUT2D eigenvalue weighted by atomic mass is 10.0. The highest BCUT2D eigenvalue weighted by molar-refractivity contribution is 7.89. The van der Waals surface area contributed by atoms with E-state index in [1.807, 2.05) is 17.5 Å². The van der Waals surface area contributed by atoms with Crippen molar-refractivity contribution in [3.05, 3.63) is 46.7 Å². The van der Waals surface area contributed by atoms with Crippen LogP contribution < -0.4 is 10.6 Å². The standard InChI is InChI=1S/C21H27N3O4S2/c1-15-9-11-24(12-10-15)30(27,28)18-7-5-17(6-8-18)23-21(26)14-19(22-16(2)25)20-4-3-13-29-20/h3-8,13,15,19H,9-12,14H2,1-2H3,(H,22,25)(H,23,26). The van der Waals surface area contributed by atoms with E-state index >= 15 is 0 Å². The molecule has 1 atom stereocenters. The summed E-state index contributed by atoms with van der Waals surface area (Å²) in [5, 5.41) is 7.46. The first-order valence-electron chi connectivity index (χ1n) is 9.96. The molecule has 1 aliphatic rings. The number of sulfonamides is 1. The summed E-state index contributed by atoms with van der Waals surface area (Å²) in [4.78, 5) is 25.1. The highest BCUT2D eigenvalue weighted by atomic mass is 32.2. The van der Waals surface area contributed by atoms with Crippen LogP contribution in [0.25, 0.3) is 0 Å². The number of nitrogens with zero attached hydrogens (tertiary/aromatic N) is 1.